The molecule has 0 saturated heterocycles. The summed E-state index contributed by atoms with van der Waals surface area (Å²) in [5.74, 6) is -1.98. The normalized spacial score (nSPS) is 12.7. The van der Waals surface area contributed by atoms with Gasteiger partial charge in [0.25, 0.3) is 41.5 Å². The molecule has 1 atom stereocenters. The molecule has 4 rings (SSSR count). The molecule has 4 aromatic rings. The first kappa shape index (κ1) is 38.5. The summed E-state index contributed by atoms with van der Waals surface area (Å²) in [6.45, 7) is 2.09. The lowest BCUT2D eigenvalue weighted by molar-refractivity contribution is 0.0999. The van der Waals surface area contributed by atoms with Gasteiger partial charge in [-0.2, -0.15) is 29.5 Å². The number of hydrogen-bond acceptors (Lipinski definition) is 12. The predicted octanol–water partition coefficient (Wildman–Crippen LogP) is 1.19. The highest BCUT2D eigenvalue weighted by Crippen LogP contribution is 2.27. The van der Waals surface area contributed by atoms with Gasteiger partial charge in [-0.15, -0.1) is 5.73 Å². The molecule has 1 unspecified atom stereocenters. The van der Waals surface area contributed by atoms with Crippen molar-refractivity contribution in [3.8, 4) is 17.1 Å². The minimum Gasteiger partial charge on any atom is -0.378 e. The molecule has 0 amide bonds. The molecule has 0 aliphatic carbocycles. The number of allylic oxidation sites excluding steroid dienone is 2. The number of nitrogens with one attached hydrogen (secondary N) is 2. The van der Waals surface area contributed by atoms with Crippen molar-refractivity contribution in [3.63, 3.8) is 0 Å². The minimum absolute atomic E-state index is 0.354. The van der Waals surface area contributed by atoms with Crippen LogP contribution in [-0.4, -0.2) is 78.8 Å². The number of aromatic nitrogens is 4. The zero-order valence-corrected chi connectivity index (χ0v) is 28.8. The Morgan fingerprint density at radius 2 is 1.27 bits per heavy atom. The van der Waals surface area contributed by atoms with Crippen molar-refractivity contribution in [2.24, 2.45) is 0 Å². The van der Waals surface area contributed by atoms with E-state index in [0.717, 1.165) is 56.4 Å². The Morgan fingerprint density at radius 1 is 0.784 bits per heavy atom. The molecule has 0 bridgehead atoms. The Kier molecular flexibility index (Phi) is 10.7. The molecule has 20 nitrogen and oxygen atoms in total. The topological polar surface area (TPSA) is 319 Å². The zero-order valence-electron chi connectivity index (χ0n) is 25.5. The number of Topliss-reactive ketones (excluding diaryl/α,β-unsaturated/α-hetero) is 2. The minimum atomic E-state index is -5.08. The first-order chi connectivity index (χ1) is 23.5. The molecule has 0 saturated carbocycles. The maximum atomic E-state index is 13.3. The third-order valence-corrected chi connectivity index (χ3v) is 9.54. The van der Waals surface area contributed by atoms with Crippen LogP contribution in [0.3, 0.4) is 0 Å². The van der Waals surface area contributed by atoms with Crippen LogP contribution in [0.4, 0.5) is 0 Å². The Morgan fingerprint density at radius 3 is 1.78 bits per heavy atom. The molecule has 0 spiro atoms. The highest BCUT2D eigenvalue weighted by atomic mass is 32.2. The van der Waals surface area contributed by atoms with E-state index in [1.807, 2.05) is 0 Å². The average Bonchev–Trinajstić information content (AvgIpc) is 3.51. The van der Waals surface area contributed by atoms with Gasteiger partial charge >= 0.3 is 11.4 Å². The second kappa shape index (κ2) is 14.1. The quantitative estimate of drug-likeness (QED) is 0.0386. The molecule has 24 heteroatoms. The van der Waals surface area contributed by atoms with Crippen molar-refractivity contribution in [2.45, 2.75) is 28.5 Å². The zero-order chi connectivity index (χ0) is 38.2. The van der Waals surface area contributed by atoms with E-state index in [-0.39, 0.29) is 11.3 Å². The van der Waals surface area contributed by atoms with E-state index in [9.17, 15) is 66.9 Å². The van der Waals surface area contributed by atoms with Crippen molar-refractivity contribution >= 4 is 65.4 Å². The Hall–Kier alpha value is -5.30. The van der Waals surface area contributed by atoms with E-state index in [2.05, 4.69) is 15.9 Å². The number of carbonyl (C=O) groups excluding carboxylic acids is 2. The van der Waals surface area contributed by atoms with E-state index in [0.29, 0.717) is 27.6 Å². The van der Waals surface area contributed by atoms with Crippen LogP contribution in [0.25, 0.3) is 23.5 Å². The fourth-order valence-electron chi connectivity index (χ4n) is 4.43. The average molecular weight is 787 g/mol. The first-order valence-corrected chi connectivity index (χ1v) is 18.7. The summed E-state index contributed by atoms with van der Waals surface area (Å²) in [4.78, 5) is 48.8. The van der Waals surface area contributed by atoms with Gasteiger partial charge in [0, 0.05) is 13.8 Å². The van der Waals surface area contributed by atoms with Crippen molar-refractivity contribution in [3.05, 3.63) is 97.5 Å². The smallest absolute Gasteiger partial charge is 0.357 e. The van der Waals surface area contributed by atoms with E-state index in [1.54, 1.807) is 0 Å². The molecule has 2 aromatic carbocycles. The lowest BCUT2D eigenvalue weighted by atomic mass is 10.1. The van der Waals surface area contributed by atoms with Crippen molar-refractivity contribution < 1.29 is 61.4 Å². The van der Waals surface area contributed by atoms with Crippen molar-refractivity contribution in [1.29, 1.82) is 0 Å². The standard InChI is InChI=1S/C27H22N4O16S4/c1-14(32)24-18(26(34)30(28-24)20-12-16(49(38,39)40)8-10-22(20)47-48(36)37)6-4-3-5-7-19-25(15(2)33)29-31(27(19)35)21-13-17(50(41,42)43)9-11-23(21)51(44,45)46/h3,5-13,28-29H,1-2H3,(H,36,37)(H,38,39,40)(H,41,42,43)(H,44,45,46). The summed E-state index contributed by atoms with van der Waals surface area (Å²) < 4.78 is 125. The Bertz CT molecular complexity index is 2710. The highest BCUT2D eigenvalue weighted by Gasteiger charge is 2.25. The van der Waals surface area contributed by atoms with E-state index < -0.39 is 107 Å². The summed E-state index contributed by atoms with van der Waals surface area (Å²) >= 11 is -2.95. The van der Waals surface area contributed by atoms with Gasteiger partial charge in [-0.25, -0.2) is 9.36 Å². The van der Waals surface area contributed by atoms with Gasteiger partial charge in [0.2, 0.25) is 0 Å². The number of H-pyrrole nitrogens is 2. The largest absolute Gasteiger partial charge is 0.378 e. The summed E-state index contributed by atoms with van der Waals surface area (Å²) in [5.41, 5.74) is -2.42. The summed E-state index contributed by atoms with van der Waals surface area (Å²) in [7, 11) is -14.8. The summed E-state index contributed by atoms with van der Waals surface area (Å²) in [6, 6.07) is 4.22. The van der Waals surface area contributed by atoms with Gasteiger partial charge < -0.3 is 4.18 Å². The van der Waals surface area contributed by atoms with E-state index >= 15 is 0 Å². The second-order valence-electron chi connectivity index (χ2n) is 10.0. The monoisotopic (exact) mass is 786 g/mol. The molecular formula is C27H22N4O16S4. The molecule has 0 aliphatic heterocycles. The fraction of sp³-hybridized carbons (Fsp3) is 0.0741. The molecule has 6 N–H and O–H groups in total. The van der Waals surface area contributed by atoms with Crippen LogP contribution in [0.2, 0.25) is 0 Å². The molecule has 0 radical (unpaired) electrons. The number of nitrogens with zero attached hydrogens (tertiary/aromatic N) is 2. The highest BCUT2D eigenvalue weighted by molar-refractivity contribution is 7.86. The maximum absolute atomic E-state index is 13.3. The number of ketones is 2. The van der Waals surface area contributed by atoms with Gasteiger partial charge in [0.15, 0.2) is 17.3 Å². The number of aromatic amines is 2. The Labute approximate surface area is 288 Å². The van der Waals surface area contributed by atoms with Crippen LogP contribution in [-0.2, 0) is 41.7 Å². The van der Waals surface area contributed by atoms with Gasteiger partial charge in [-0.05, 0) is 54.6 Å². The number of carbonyl (C=O) groups is 2. The molecule has 2 heterocycles. The van der Waals surface area contributed by atoms with Gasteiger partial charge in [-0.1, -0.05) is 6.08 Å². The van der Waals surface area contributed by atoms with Gasteiger partial charge in [0.1, 0.15) is 22.0 Å². The van der Waals surface area contributed by atoms with Crippen LogP contribution in [0.5, 0.6) is 5.75 Å². The van der Waals surface area contributed by atoms with Gasteiger partial charge in [0.05, 0.1) is 26.6 Å². The third-order valence-electron chi connectivity index (χ3n) is 6.62. The third kappa shape index (κ3) is 8.37. The van der Waals surface area contributed by atoms with Crippen molar-refractivity contribution in [2.75, 3.05) is 0 Å². The predicted molar refractivity (Wildman–Crippen MR) is 175 cm³/mol. The second-order valence-corrected chi connectivity index (χ2v) is 14.8. The lowest BCUT2D eigenvalue weighted by Gasteiger charge is -2.09. The SMILES string of the molecule is CC(=O)c1[nH]n(-c2cc(S(=O)(=O)O)ccc2OS(=O)O)c(=O)c1C=C=CC=Cc1c(C(C)=O)[nH]n(-c2cc(S(=O)(=O)O)ccc2S(=O)(=O)O)c1=O. The van der Waals surface area contributed by atoms with Crippen LogP contribution in [0.15, 0.2) is 78.6 Å². The number of rotatable bonds is 12. The van der Waals surface area contributed by atoms with Gasteiger partial charge in [-0.3, -0.25) is 47.6 Å². The Balaban J connectivity index is 1.83. The molecule has 2 aromatic heterocycles. The number of hydrogen-bond donors (Lipinski definition) is 6. The van der Waals surface area contributed by atoms with Crippen LogP contribution >= 0.6 is 0 Å². The fourth-order valence-corrected chi connectivity index (χ4v) is 6.38. The van der Waals surface area contributed by atoms with Crippen LogP contribution < -0.4 is 15.3 Å². The van der Waals surface area contributed by atoms with E-state index in [1.165, 1.54) is 0 Å². The molecule has 0 fully saturated rings. The molecule has 51 heavy (non-hydrogen) atoms. The molecular weight excluding hydrogens is 765 g/mol. The number of benzene rings is 2. The summed E-state index contributed by atoms with van der Waals surface area (Å²) in [6.07, 6.45) is 4.22. The lowest BCUT2D eigenvalue weighted by Crippen LogP contribution is -2.19. The van der Waals surface area contributed by atoms with Crippen LogP contribution in [0, 0.1) is 0 Å². The summed E-state index contributed by atoms with van der Waals surface area (Å²) in [5, 5.41) is 4.74. The first-order valence-electron chi connectivity index (χ1n) is 13.3. The van der Waals surface area contributed by atoms with E-state index in [4.69, 9.17) is 4.18 Å². The van der Waals surface area contributed by atoms with Crippen LogP contribution in [0.1, 0.15) is 46.0 Å². The molecule has 0 aliphatic rings. The maximum Gasteiger partial charge on any atom is 0.357 e. The van der Waals surface area contributed by atoms with Crippen molar-refractivity contribution in [1.82, 2.24) is 19.6 Å². The molecule has 270 valence electrons.